The smallest absolute Gasteiger partial charge is 0.322 e. The molecule has 3 N–H and O–H groups in total. The molecule has 9 nitrogen and oxygen atoms in total. The van der Waals surface area contributed by atoms with E-state index < -0.39 is 18.4 Å². The first kappa shape index (κ1) is 18.2. The zero-order chi connectivity index (χ0) is 20.5. The molecule has 29 heavy (non-hydrogen) atoms. The zero-order valence-electron chi connectivity index (χ0n) is 15.3. The van der Waals surface area contributed by atoms with Crippen LogP contribution < -0.4 is 10.1 Å². The third-order valence-corrected chi connectivity index (χ3v) is 4.23. The first-order valence-electron chi connectivity index (χ1n) is 8.69. The Morgan fingerprint density at radius 1 is 1.10 bits per heavy atom. The second-order valence-corrected chi connectivity index (χ2v) is 6.29. The summed E-state index contributed by atoms with van der Waals surface area (Å²) in [5, 5.41) is 26.8. The number of hydrogen-bond donors (Lipinski definition) is 3. The molecule has 0 saturated heterocycles. The molecule has 0 spiro atoms. The Morgan fingerprint density at radius 3 is 2.59 bits per heavy atom. The van der Waals surface area contributed by atoms with Gasteiger partial charge in [0.1, 0.15) is 23.9 Å². The van der Waals surface area contributed by atoms with Gasteiger partial charge in [0.15, 0.2) is 17.1 Å². The summed E-state index contributed by atoms with van der Waals surface area (Å²) < 4.78 is 7.05. The summed E-state index contributed by atoms with van der Waals surface area (Å²) in [6.07, 6.45) is 0. The van der Waals surface area contributed by atoms with Crippen LogP contribution in [0, 0.1) is 6.92 Å². The minimum Gasteiger partial charge on any atom is -0.505 e. The quantitative estimate of drug-likeness (QED) is 0.476. The molecule has 0 saturated carbocycles. The largest absolute Gasteiger partial charge is 0.505 e. The SMILES string of the molecule is Cc1nc2c3cc(Oc4ccccc4)ccc3c(O)c(C(=O)NCC(=O)O)n2n1. The lowest BCUT2D eigenvalue weighted by molar-refractivity contribution is -0.135. The van der Waals surface area contributed by atoms with E-state index in [4.69, 9.17) is 9.84 Å². The van der Waals surface area contributed by atoms with E-state index in [-0.39, 0.29) is 11.4 Å². The van der Waals surface area contributed by atoms with Crippen LogP contribution in [-0.4, -0.2) is 43.2 Å². The van der Waals surface area contributed by atoms with Gasteiger partial charge in [0.05, 0.1) is 0 Å². The number of carboxylic acid groups (broad SMARTS) is 1. The molecular formula is C20H16N4O5. The fourth-order valence-corrected chi connectivity index (χ4v) is 3.02. The highest BCUT2D eigenvalue weighted by Gasteiger charge is 2.23. The van der Waals surface area contributed by atoms with Crippen molar-refractivity contribution in [3.63, 3.8) is 0 Å². The van der Waals surface area contributed by atoms with Crippen LogP contribution in [-0.2, 0) is 4.79 Å². The van der Waals surface area contributed by atoms with Crippen LogP contribution in [0.2, 0.25) is 0 Å². The number of carboxylic acids is 1. The number of aliphatic carboxylic acids is 1. The number of carbonyl (C=O) groups excluding carboxylic acids is 1. The first-order chi connectivity index (χ1) is 13.9. The van der Waals surface area contributed by atoms with E-state index in [0.717, 1.165) is 0 Å². The second kappa shape index (κ2) is 7.12. The van der Waals surface area contributed by atoms with Gasteiger partial charge in [-0.2, -0.15) is 5.10 Å². The number of hydrogen-bond acceptors (Lipinski definition) is 6. The van der Waals surface area contributed by atoms with Gasteiger partial charge >= 0.3 is 5.97 Å². The Bertz CT molecular complexity index is 1250. The molecule has 9 heteroatoms. The first-order valence-corrected chi connectivity index (χ1v) is 8.69. The summed E-state index contributed by atoms with van der Waals surface area (Å²) in [6, 6.07) is 14.2. The Kier molecular flexibility index (Phi) is 4.47. The van der Waals surface area contributed by atoms with Crippen molar-refractivity contribution >= 4 is 28.3 Å². The minimum absolute atomic E-state index is 0.189. The van der Waals surface area contributed by atoms with E-state index in [2.05, 4.69) is 15.4 Å². The number of aryl methyl sites for hydroxylation is 1. The molecule has 2 aromatic carbocycles. The molecule has 0 bridgehead atoms. The maximum Gasteiger partial charge on any atom is 0.322 e. The van der Waals surface area contributed by atoms with Gasteiger partial charge in [-0.3, -0.25) is 9.59 Å². The van der Waals surface area contributed by atoms with Crippen molar-refractivity contribution in [1.82, 2.24) is 19.9 Å². The molecule has 0 radical (unpaired) electrons. The monoisotopic (exact) mass is 392 g/mol. The highest BCUT2D eigenvalue weighted by atomic mass is 16.5. The van der Waals surface area contributed by atoms with Crippen molar-refractivity contribution in [2.45, 2.75) is 6.92 Å². The number of amides is 1. The fourth-order valence-electron chi connectivity index (χ4n) is 3.02. The molecule has 0 fully saturated rings. The van der Waals surface area contributed by atoms with Gasteiger partial charge in [-0.15, -0.1) is 0 Å². The van der Waals surface area contributed by atoms with Crippen LogP contribution in [0.25, 0.3) is 16.4 Å². The summed E-state index contributed by atoms with van der Waals surface area (Å²) in [4.78, 5) is 27.6. The predicted octanol–water partition coefficient (Wildman–Crippen LogP) is 2.50. The topological polar surface area (TPSA) is 126 Å². The molecule has 4 rings (SSSR count). The van der Waals surface area contributed by atoms with Gasteiger partial charge in [0.2, 0.25) is 0 Å². The molecule has 4 aromatic rings. The Hall–Kier alpha value is -4.14. The Balaban J connectivity index is 1.86. The fraction of sp³-hybridized carbons (Fsp3) is 0.100. The lowest BCUT2D eigenvalue weighted by Gasteiger charge is -2.12. The standard InChI is InChI=1S/C20H16N4O5/c1-11-22-19-15-9-13(29-12-5-3-2-4-6-12)7-8-14(15)18(27)17(24(19)23-11)20(28)21-10-16(25)26/h2-9,27H,10H2,1H3,(H,21,28)(H,25,26). The number of carbonyl (C=O) groups is 2. The minimum atomic E-state index is -1.20. The molecule has 1 amide bonds. The third-order valence-electron chi connectivity index (χ3n) is 4.23. The van der Waals surface area contributed by atoms with Crippen LogP contribution in [0.5, 0.6) is 17.2 Å². The predicted molar refractivity (Wildman–Crippen MR) is 103 cm³/mol. The highest BCUT2D eigenvalue weighted by molar-refractivity contribution is 6.07. The zero-order valence-corrected chi connectivity index (χ0v) is 15.3. The van der Waals surface area contributed by atoms with Gasteiger partial charge in [0, 0.05) is 10.8 Å². The number of aromatic hydroxyl groups is 1. The van der Waals surface area contributed by atoms with Crippen LogP contribution in [0.4, 0.5) is 0 Å². The highest BCUT2D eigenvalue weighted by Crippen LogP contribution is 2.35. The van der Waals surface area contributed by atoms with Crippen molar-refractivity contribution in [1.29, 1.82) is 0 Å². The Morgan fingerprint density at radius 2 is 1.86 bits per heavy atom. The number of rotatable bonds is 5. The molecule has 0 atom stereocenters. The van der Waals surface area contributed by atoms with E-state index in [0.29, 0.717) is 33.7 Å². The second-order valence-electron chi connectivity index (χ2n) is 6.29. The van der Waals surface area contributed by atoms with E-state index in [1.807, 2.05) is 30.3 Å². The number of pyridine rings is 1. The molecule has 0 aliphatic carbocycles. The average Bonchev–Trinajstić information content (AvgIpc) is 3.08. The van der Waals surface area contributed by atoms with Gasteiger partial charge in [0.25, 0.3) is 5.91 Å². The van der Waals surface area contributed by atoms with Crippen molar-refractivity contribution in [2.24, 2.45) is 0 Å². The number of ether oxygens (including phenoxy) is 1. The van der Waals surface area contributed by atoms with Crippen molar-refractivity contribution < 1.29 is 24.5 Å². The van der Waals surface area contributed by atoms with Crippen molar-refractivity contribution in [2.75, 3.05) is 6.54 Å². The number of nitrogens with zero attached hydrogens (tertiary/aromatic N) is 3. The van der Waals surface area contributed by atoms with Crippen molar-refractivity contribution in [3.05, 3.63) is 60.0 Å². The van der Waals surface area contributed by atoms with Crippen LogP contribution >= 0.6 is 0 Å². The van der Waals surface area contributed by atoms with Crippen LogP contribution in [0.3, 0.4) is 0 Å². The van der Waals surface area contributed by atoms with Crippen LogP contribution in [0.15, 0.2) is 48.5 Å². The molecule has 0 aliphatic heterocycles. The lowest BCUT2D eigenvalue weighted by atomic mass is 10.1. The summed E-state index contributed by atoms with van der Waals surface area (Å²) in [6.45, 7) is 1.06. The van der Waals surface area contributed by atoms with Crippen molar-refractivity contribution in [3.8, 4) is 17.2 Å². The van der Waals surface area contributed by atoms with E-state index in [9.17, 15) is 14.7 Å². The maximum absolute atomic E-state index is 12.5. The summed E-state index contributed by atoms with van der Waals surface area (Å²) in [7, 11) is 0. The van der Waals surface area contributed by atoms with E-state index in [1.165, 1.54) is 4.52 Å². The van der Waals surface area contributed by atoms with E-state index >= 15 is 0 Å². The molecular weight excluding hydrogens is 376 g/mol. The molecule has 2 heterocycles. The van der Waals surface area contributed by atoms with Gasteiger partial charge in [-0.1, -0.05) is 18.2 Å². The van der Waals surface area contributed by atoms with E-state index in [1.54, 1.807) is 25.1 Å². The van der Waals surface area contributed by atoms with Gasteiger partial charge in [-0.05, 0) is 37.3 Å². The maximum atomic E-state index is 12.5. The Labute approximate surface area is 164 Å². The summed E-state index contributed by atoms with van der Waals surface area (Å²) in [5.41, 5.74) is 0.153. The number of benzene rings is 2. The third kappa shape index (κ3) is 3.41. The summed E-state index contributed by atoms with van der Waals surface area (Å²) >= 11 is 0. The normalized spacial score (nSPS) is 10.9. The molecule has 0 unspecified atom stereocenters. The van der Waals surface area contributed by atoms with Gasteiger partial charge < -0.3 is 20.3 Å². The lowest BCUT2D eigenvalue weighted by Crippen LogP contribution is -2.31. The summed E-state index contributed by atoms with van der Waals surface area (Å²) in [5.74, 6) is -0.744. The number of fused-ring (bicyclic) bond motifs is 3. The average molecular weight is 392 g/mol. The molecule has 2 aromatic heterocycles. The molecule has 0 aliphatic rings. The number of nitrogens with one attached hydrogen (secondary N) is 1. The molecule has 146 valence electrons. The number of para-hydroxylation sites is 1. The van der Waals surface area contributed by atoms with Gasteiger partial charge in [-0.25, -0.2) is 9.50 Å². The van der Waals surface area contributed by atoms with Crippen LogP contribution in [0.1, 0.15) is 16.3 Å². The number of aromatic nitrogens is 3.